The molecule has 2 heterocycles. The predicted molar refractivity (Wildman–Crippen MR) is 93.6 cm³/mol. The van der Waals surface area contributed by atoms with Gasteiger partial charge in [0, 0.05) is 22.3 Å². The lowest BCUT2D eigenvalue weighted by molar-refractivity contribution is 0.202. The molecule has 0 bridgehead atoms. The molecule has 1 aromatic heterocycles. The molecule has 1 fully saturated rings. The second-order valence-electron chi connectivity index (χ2n) is 6.47. The first-order chi connectivity index (χ1) is 10.5. The first-order valence-electron chi connectivity index (χ1n) is 8.32. The van der Waals surface area contributed by atoms with Crippen molar-refractivity contribution < 1.29 is 4.79 Å². The Balaban J connectivity index is 1.77. The van der Waals surface area contributed by atoms with Crippen molar-refractivity contribution in [1.82, 2.24) is 15.5 Å². The van der Waals surface area contributed by atoms with Crippen LogP contribution in [-0.2, 0) is 0 Å². The Morgan fingerprint density at radius 3 is 2.50 bits per heavy atom. The monoisotopic (exact) mass is 323 g/mol. The van der Waals surface area contributed by atoms with Crippen molar-refractivity contribution in [3.63, 3.8) is 0 Å². The van der Waals surface area contributed by atoms with Crippen LogP contribution in [0.2, 0.25) is 0 Å². The summed E-state index contributed by atoms with van der Waals surface area (Å²) in [5, 5.41) is 6.12. The molecule has 0 saturated carbocycles. The molecule has 2 atom stereocenters. The molecule has 2 unspecified atom stereocenters. The standard InChI is InChI=1S/C17H29N3OS/c1-12(11-20-8-6-5-7-9-20)18-17(21)19-14(3)16-10-13(2)22-15(16)4/h10,12,14H,5-9,11H2,1-4H3,(H2,18,19,21). The second-order valence-corrected chi connectivity index (χ2v) is 7.93. The van der Waals surface area contributed by atoms with Crippen LogP contribution < -0.4 is 10.6 Å². The van der Waals surface area contributed by atoms with Gasteiger partial charge in [-0.1, -0.05) is 6.42 Å². The maximum atomic E-state index is 12.2. The van der Waals surface area contributed by atoms with E-state index in [0.29, 0.717) is 0 Å². The highest BCUT2D eigenvalue weighted by Crippen LogP contribution is 2.25. The SMILES string of the molecule is Cc1cc(C(C)NC(=O)NC(C)CN2CCCCC2)c(C)s1. The lowest BCUT2D eigenvalue weighted by Gasteiger charge is -2.29. The minimum atomic E-state index is -0.0692. The molecule has 4 nitrogen and oxygen atoms in total. The Morgan fingerprint density at radius 2 is 1.91 bits per heavy atom. The third-order valence-electron chi connectivity index (χ3n) is 4.25. The fraction of sp³-hybridized carbons (Fsp3) is 0.706. The number of urea groups is 1. The van der Waals surface area contributed by atoms with Crippen molar-refractivity contribution in [2.75, 3.05) is 19.6 Å². The minimum Gasteiger partial charge on any atom is -0.334 e. The number of hydrogen-bond acceptors (Lipinski definition) is 3. The fourth-order valence-corrected chi connectivity index (χ4v) is 4.22. The first kappa shape index (κ1) is 17.3. The summed E-state index contributed by atoms with van der Waals surface area (Å²) in [7, 11) is 0. The van der Waals surface area contributed by atoms with Gasteiger partial charge in [0.2, 0.25) is 0 Å². The number of likely N-dealkylation sites (tertiary alicyclic amines) is 1. The number of carbonyl (C=O) groups is 1. The molecule has 0 aromatic carbocycles. The van der Waals surface area contributed by atoms with E-state index in [-0.39, 0.29) is 18.1 Å². The normalized spacial score (nSPS) is 18.7. The van der Waals surface area contributed by atoms with Crippen molar-refractivity contribution in [3.8, 4) is 0 Å². The molecule has 1 aromatic rings. The smallest absolute Gasteiger partial charge is 0.315 e. The molecule has 0 radical (unpaired) electrons. The van der Waals surface area contributed by atoms with Gasteiger partial charge in [0.25, 0.3) is 0 Å². The van der Waals surface area contributed by atoms with E-state index in [9.17, 15) is 4.79 Å². The summed E-state index contributed by atoms with van der Waals surface area (Å²) in [5.74, 6) is 0. The molecule has 22 heavy (non-hydrogen) atoms. The van der Waals surface area contributed by atoms with Gasteiger partial charge in [0.1, 0.15) is 0 Å². The molecular weight excluding hydrogens is 294 g/mol. The molecule has 2 rings (SSSR count). The van der Waals surface area contributed by atoms with Crippen LogP contribution in [0.4, 0.5) is 4.79 Å². The maximum absolute atomic E-state index is 12.2. The first-order valence-corrected chi connectivity index (χ1v) is 9.13. The lowest BCUT2D eigenvalue weighted by Crippen LogP contribution is -2.47. The van der Waals surface area contributed by atoms with Gasteiger partial charge in [0.15, 0.2) is 0 Å². The predicted octanol–water partition coefficient (Wildman–Crippen LogP) is 3.60. The van der Waals surface area contributed by atoms with Gasteiger partial charge in [-0.25, -0.2) is 4.79 Å². The average molecular weight is 324 g/mol. The Morgan fingerprint density at radius 1 is 1.23 bits per heavy atom. The quantitative estimate of drug-likeness (QED) is 0.869. The van der Waals surface area contributed by atoms with Crippen LogP contribution in [0, 0.1) is 13.8 Å². The number of rotatable bonds is 5. The van der Waals surface area contributed by atoms with Gasteiger partial charge in [0.05, 0.1) is 6.04 Å². The van der Waals surface area contributed by atoms with Crippen LogP contribution in [0.5, 0.6) is 0 Å². The summed E-state index contributed by atoms with van der Waals surface area (Å²) in [6.45, 7) is 11.6. The zero-order chi connectivity index (χ0) is 16.1. The van der Waals surface area contributed by atoms with Gasteiger partial charge < -0.3 is 15.5 Å². The Labute approximate surface area is 138 Å². The topological polar surface area (TPSA) is 44.4 Å². The molecule has 0 spiro atoms. The Hall–Kier alpha value is -1.07. The number of amides is 2. The van der Waals surface area contributed by atoms with Crippen LogP contribution in [0.15, 0.2) is 6.07 Å². The molecular formula is C17H29N3OS. The second kappa shape index (κ2) is 7.97. The molecule has 124 valence electrons. The third kappa shape index (κ3) is 4.99. The van der Waals surface area contributed by atoms with E-state index in [0.717, 1.165) is 19.6 Å². The van der Waals surface area contributed by atoms with Crippen molar-refractivity contribution >= 4 is 17.4 Å². The summed E-state index contributed by atoms with van der Waals surface area (Å²) in [5.41, 5.74) is 1.22. The average Bonchev–Trinajstić information content (AvgIpc) is 2.78. The van der Waals surface area contributed by atoms with Gasteiger partial charge in [-0.05, 0) is 65.3 Å². The van der Waals surface area contributed by atoms with Gasteiger partial charge in [-0.2, -0.15) is 0 Å². The van der Waals surface area contributed by atoms with Crippen molar-refractivity contribution in [1.29, 1.82) is 0 Å². The highest BCUT2D eigenvalue weighted by Gasteiger charge is 2.17. The summed E-state index contributed by atoms with van der Waals surface area (Å²) < 4.78 is 0. The van der Waals surface area contributed by atoms with Crippen molar-refractivity contribution in [3.05, 3.63) is 21.4 Å². The van der Waals surface area contributed by atoms with E-state index in [4.69, 9.17) is 0 Å². The van der Waals surface area contributed by atoms with E-state index < -0.39 is 0 Å². The lowest BCUT2D eigenvalue weighted by atomic mass is 10.1. The fourth-order valence-electron chi connectivity index (χ4n) is 3.20. The minimum absolute atomic E-state index is 0.0483. The summed E-state index contributed by atoms with van der Waals surface area (Å²) >= 11 is 1.78. The molecule has 2 N–H and O–H groups in total. The summed E-state index contributed by atoms with van der Waals surface area (Å²) in [6.07, 6.45) is 3.91. The number of nitrogens with zero attached hydrogens (tertiary/aromatic N) is 1. The maximum Gasteiger partial charge on any atom is 0.315 e. The van der Waals surface area contributed by atoms with Crippen LogP contribution in [0.25, 0.3) is 0 Å². The number of hydrogen-bond donors (Lipinski definition) is 2. The zero-order valence-corrected chi connectivity index (χ0v) is 15.1. The van der Waals surface area contributed by atoms with Crippen LogP contribution in [-0.4, -0.2) is 36.6 Å². The molecule has 2 amide bonds. The van der Waals surface area contributed by atoms with E-state index in [1.54, 1.807) is 11.3 Å². The molecule has 1 aliphatic heterocycles. The van der Waals surface area contributed by atoms with Gasteiger partial charge in [-0.15, -0.1) is 11.3 Å². The number of thiophene rings is 1. The van der Waals surface area contributed by atoms with E-state index in [2.05, 4.69) is 42.4 Å². The molecule has 1 aliphatic rings. The summed E-state index contributed by atoms with van der Waals surface area (Å²) in [6, 6.07) is 2.32. The third-order valence-corrected chi connectivity index (χ3v) is 5.23. The number of piperidine rings is 1. The summed E-state index contributed by atoms with van der Waals surface area (Å²) in [4.78, 5) is 17.2. The van der Waals surface area contributed by atoms with E-state index in [1.165, 1.54) is 34.6 Å². The number of nitrogens with one attached hydrogen (secondary N) is 2. The molecule has 0 aliphatic carbocycles. The van der Waals surface area contributed by atoms with Crippen LogP contribution in [0.1, 0.15) is 54.5 Å². The van der Waals surface area contributed by atoms with Gasteiger partial charge in [-0.3, -0.25) is 0 Å². The highest BCUT2D eigenvalue weighted by molar-refractivity contribution is 7.12. The Bertz CT molecular complexity index is 494. The van der Waals surface area contributed by atoms with Crippen LogP contribution >= 0.6 is 11.3 Å². The zero-order valence-electron chi connectivity index (χ0n) is 14.2. The highest BCUT2D eigenvalue weighted by atomic mass is 32.1. The number of aryl methyl sites for hydroxylation is 2. The van der Waals surface area contributed by atoms with Gasteiger partial charge >= 0.3 is 6.03 Å². The van der Waals surface area contributed by atoms with E-state index >= 15 is 0 Å². The van der Waals surface area contributed by atoms with Crippen LogP contribution in [0.3, 0.4) is 0 Å². The Kier molecular flexibility index (Phi) is 6.26. The van der Waals surface area contributed by atoms with E-state index in [1.807, 2.05) is 6.92 Å². The molecule has 5 heteroatoms. The van der Waals surface area contributed by atoms with Crippen molar-refractivity contribution in [2.24, 2.45) is 0 Å². The van der Waals surface area contributed by atoms with Crippen molar-refractivity contribution in [2.45, 2.75) is 59.0 Å². The largest absolute Gasteiger partial charge is 0.334 e. The number of carbonyl (C=O) groups excluding carboxylic acids is 1. The molecule has 1 saturated heterocycles.